The van der Waals surface area contributed by atoms with Crippen LogP contribution in [0.2, 0.25) is 0 Å². The zero-order valence-corrected chi connectivity index (χ0v) is 20.2. The summed E-state index contributed by atoms with van der Waals surface area (Å²) in [5.41, 5.74) is 4.89. The number of unbranched alkanes of at least 4 members (excludes halogenated alkanes) is 10. The van der Waals surface area contributed by atoms with Crippen LogP contribution in [0.4, 0.5) is 5.69 Å². The van der Waals surface area contributed by atoms with Gasteiger partial charge in [-0.2, -0.15) is 0 Å². The van der Waals surface area contributed by atoms with Gasteiger partial charge in [0.05, 0.1) is 0 Å². The van der Waals surface area contributed by atoms with Gasteiger partial charge in [-0.15, -0.1) is 0 Å². The minimum Gasteiger partial charge on any atom is -0.372 e. The Hall–Kier alpha value is -2.02. The average Bonchev–Trinajstić information content (AvgIpc) is 2.82. The fraction of sp³-hybridized carbons (Fsp3) is 0.533. The third kappa shape index (κ3) is 9.76. The van der Waals surface area contributed by atoms with E-state index in [0.717, 1.165) is 5.57 Å². The predicted octanol–water partition coefficient (Wildman–Crippen LogP) is 9.28. The van der Waals surface area contributed by atoms with Crippen LogP contribution in [-0.2, 0) is 0 Å². The molecule has 0 radical (unpaired) electrons. The highest BCUT2D eigenvalue weighted by Crippen LogP contribution is 2.25. The van der Waals surface area contributed by atoms with Crippen LogP contribution in [0.1, 0.15) is 102 Å². The molecule has 0 fully saturated rings. The van der Waals surface area contributed by atoms with Crippen molar-refractivity contribution < 1.29 is 0 Å². The van der Waals surface area contributed by atoms with Crippen LogP contribution in [-0.4, -0.2) is 13.1 Å². The molecule has 1 nitrogen and oxygen atoms in total. The molecule has 2 aromatic carbocycles. The van der Waals surface area contributed by atoms with Gasteiger partial charge in [-0.05, 0) is 41.7 Å². The van der Waals surface area contributed by atoms with Crippen molar-refractivity contribution >= 4 is 11.3 Å². The Morgan fingerprint density at radius 1 is 0.581 bits per heavy atom. The van der Waals surface area contributed by atoms with Crippen LogP contribution in [0.15, 0.2) is 61.2 Å². The number of hydrogen-bond acceptors (Lipinski definition) is 1. The molecule has 2 rings (SSSR count). The molecule has 0 unspecified atom stereocenters. The van der Waals surface area contributed by atoms with Crippen molar-refractivity contribution in [3.8, 4) is 0 Å². The Morgan fingerprint density at radius 3 is 1.55 bits per heavy atom. The maximum Gasteiger partial charge on any atom is 0.0366 e. The minimum absolute atomic E-state index is 1.10. The molecular formula is C30H45N. The van der Waals surface area contributed by atoms with E-state index in [0.29, 0.717) is 0 Å². The number of benzene rings is 2. The fourth-order valence-electron chi connectivity index (χ4n) is 4.22. The zero-order valence-electron chi connectivity index (χ0n) is 20.2. The Bertz CT molecular complexity index is 685. The Morgan fingerprint density at radius 2 is 1.03 bits per heavy atom. The van der Waals surface area contributed by atoms with E-state index in [1.165, 1.54) is 107 Å². The lowest BCUT2D eigenvalue weighted by atomic mass is 9.99. The van der Waals surface area contributed by atoms with Crippen molar-refractivity contribution in [3.05, 3.63) is 72.3 Å². The standard InChI is InChI=1S/C30H45N/c1-4-6-8-10-12-17-25-31(26-18-13-11-9-7-5-2)30-23-21-29(22-24-30)27(3)28-19-15-14-16-20-28/h14-16,19-24H,3-13,17-18,25-26H2,1-2H3. The summed E-state index contributed by atoms with van der Waals surface area (Å²) in [6.45, 7) is 11.3. The maximum atomic E-state index is 4.33. The summed E-state index contributed by atoms with van der Waals surface area (Å²) in [4.78, 5) is 2.62. The van der Waals surface area contributed by atoms with E-state index in [1.807, 2.05) is 0 Å². The number of anilines is 1. The van der Waals surface area contributed by atoms with Crippen LogP contribution < -0.4 is 4.90 Å². The Labute approximate surface area is 192 Å². The second-order valence-corrected chi connectivity index (χ2v) is 8.91. The first-order valence-corrected chi connectivity index (χ1v) is 12.9. The lowest BCUT2D eigenvalue weighted by Gasteiger charge is -2.25. The first kappa shape index (κ1) is 25.2. The van der Waals surface area contributed by atoms with Crippen LogP contribution in [0.5, 0.6) is 0 Å². The van der Waals surface area contributed by atoms with Crippen molar-refractivity contribution in [2.45, 2.75) is 90.9 Å². The van der Waals surface area contributed by atoms with Gasteiger partial charge in [-0.1, -0.05) is 127 Å². The summed E-state index contributed by atoms with van der Waals surface area (Å²) < 4.78 is 0. The van der Waals surface area contributed by atoms with Crippen LogP contribution in [0, 0.1) is 0 Å². The first-order valence-electron chi connectivity index (χ1n) is 12.9. The van der Waals surface area contributed by atoms with Crippen molar-refractivity contribution in [3.63, 3.8) is 0 Å². The molecule has 0 aromatic heterocycles. The van der Waals surface area contributed by atoms with E-state index in [1.54, 1.807) is 0 Å². The molecule has 0 atom stereocenters. The molecule has 0 aliphatic heterocycles. The normalized spacial score (nSPS) is 10.9. The minimum atomic E-state index is 1.10. The average molecular weight is 420 g/mol. The third-order valence-corrected chi connectivity index (χ3v) is 6.27. The molecule has 0 saturated carbocycles. The topological polar surface area (TPSA) is 3.24 Å². The van der Waals surface area contributed by atoms with Gasteiger partial charge in [-0.3, -0.25) is 0 Å². The van der Waals surface area contributed by atoms with Gasteiger partial charge in [0.15, 0.2) is 0 Å². The van der Waals surface area contributed by atoms with E-state index >= 15 is 0 Å². The molecule has 170 valence electrons. The molecule has 31 heavy (non-hydrogen) atoms. The number of nitrogens with zero attached hydrogens (tertiary/aromatic N) is 1. The van der Waals surface area contributed by atoms with Crippen LogP contribution in [0.3, 0.4) is 0 Å². The van der Waals surface area contributed by atoms with Gasteiger partial charge >= 0.3 is 0 Å². The van der Waals surface area contributed by atoms with Gasteiger partial charge < -0.3 is 4.90 Å². The van der Waals surface area contributed by atoms with E-state index in [4.69, 9.17) is 0 Å². The molecule has 0 heterocycles. The molecular weight excluding hydrogens is 374 g/mol. The van der Waals surface area contributed by atoms with E-state index in [2.05, 4.69) is 79.9 Å². The molecule has 1 heteroatoms. The predicted molar refractivity (Wildman–Crippen MR) is 140 cm³/mol. The monoisotopic (exact) mass is 419 g/mol. The van der Waals surface area contributed by atoms with Gasteiger partial charge in [-0.25, -0.2) is 0 Å². The zero-order chi connectivity index (χ0) is 22.2. The quantitative estimate of drug-likeness (QED) is 0.231. The second-order valence-electron chi connectivity index (χ2n) is 8.91. The molecule has 0 aliphatic carbocycles. The molecule has 0 saturated heterocycles. The number of rotatable bonds is 17. The molecule has 0 spiro atoms. The fourth-order valence-corrected chi connectivity index (χ4v) is 4.22. The summed E-state index contributed by atoms with van der Waals surface area (Å²) >= 11 is 0. The van der Waals surface area contributed by atoms with Crippen molar-refractivity contribution in [2.75, 3.05) is 18.0 Å². The van der Waals surface area contributed by atoms with Crippen molar-refractivity contribution in [1.29, 1.82) is 0 Å². The third-order valence-electron chi connectivity index (χ3n) is 6.27. The second kappa shape index (κ2) is 15.7. The van der Waals surface area contributed by atoms with Gasteiger partial charge in [0, 0.05) is 18.8 Å². The molecule has 0 aliphatic rings. The largest absolute Gasteiger partial charge is 0.372 e. The van der Waals surface area contributed by atoms with Crippen LogP contribution in [0.25, 0.3) is 5.57 Å². The highest BCUT2D eigenvalue weighted by atomic mass is 15.1. The van der Waals surface area contributed by atoms with E-state index in [-0.39, 0.29) is 0 Å². The Kier molecular flexibility index (Phi) is 12.8. The highest BCUT2D eigenvalue weighted by molar-refractivity contribution is 5.78. The van der Waals surface area contributed by atoms with E-state index < -0.39 is 0 Å². The van der Waals surface area contributed by atoms with Crippen molar-refractivity contribution in [1.82, 2.24) is 0 Å². The Balaban J connectivity index is 1.92. The lowest BCUT2D eigenvalue weighted by Crippen LogP contribution is -2.25. The van der Waals surface area contributed by atoms with Gasteiger partial charge in [0.1, 0.15) is 0 Å². The SMILES string of the molecule is C=C(c1ccccc1)c1ccc(N(CCCCCCCC)CCCCCCCC)cc1. The van der Waals surface area contributed by atoms with Crippen molar-refractivity contribution in [2.24, 2.45) is 0 Å². The molecule has 2 aromatic rings. The summed E-state index contributed by atoms with van der Waals surface area (Å²) in [5, 5.41) is 0. The summed E-state index contributed by atoms with van der Waals surface area (Å²) in [6.07, 6.45) is 16.3. The first-order chi connectivity index (χ1) is 15.3. The number of hydrogen-bond donors (Lipinski definition) is 0. The van der Waals surface area contributed by atoms with Gasteiger partial charge in [0.2, 0.25) is 0 Å². The lowest BCUT2D eigenvalue weighted by molar-refractivity contribution is 0.575. The van der Waals surface area contributed by atoms with Gasteiger partial charge in [0.25, 0.3) is 0 Å². The highest BCUT2D eigenvalue weighted by Gasteiger charge is 2.08. The summed E-state index contributed by atoms with van der Waals surface area (Å²) in [7, 11) is 0. The van der Waals surface area contributed by atoms with Crippen LogP contribution >= 0.6 is 0 Å². The molecule has 0 amide bonds. The maximum absolute atomic E-state index is 4.33. The molecule has 0 N–H and O–H groups in total. The smallest absolute Gasteiger partial charge is 0.0366 e. The summed E-state index contributed by atoms with van der Waals surface area (Å²) in [6, 6.07) is 19.6. The van der Waals surface area contributed by atoms with E-state index in [9.17, 15) is 0 Å². The molecule has 0 bridgehead atoms. The summed E-state index contributed by atoms with van der Waals surface area (Å²) in [5.74, 6) is 0.